The number of nitrogens with zero attached hydrogens (tertiary/aromatic N) is 1. The van der Waals surface area contributed by atoms with Gasteiger partial charge in [0.15, 0.2) is 0 Å². The Labute approximate surface area is 115 Å². The van der Waals surface area contributed by atoms with Gasteiger partial charge < -0.3 is 10.5 Å². The first-order valence-electron chi connectivity index (χ1n) is 6.63. The van der Waals surface area contributed by atoms with Crippen LogP contribution in [0.4, 0.5) is 0 Å². The van der Waals surface area contributed by atoms with Crippen LogP contribution in [0.2, 0.25) is 0 Å². The third-order valence-electron chi connectivity index (χ3n) is 2.76. The number of hydrogen-bond donors (Lipinski definition) is 1. The number of thiocarbonyl (C=S) groups is 1. The molecule has 0 atom stereocenters. The zero-order valence-corrected chi connectivity index (χ0v) is 11.8. The van der Waals surface area contributed by atoms with Crippen molar-refractivity contribution in [3.63, 3.8) is 0 Å². The van der Waals surface area contributed by atoms with E-state index in [1.165, 1.54) is 32.1 Å². The maximum atomic E-state index is 5.67. The maximum Gasteiger partial charge on any atom is 0.147 e. The van der Waals surface area contributed by atoms with Crippen molar-refractivity contribution in [1.29, 1.82) is 0 Å². The van der Waals surface area contributed by atoms with Gasteiger partial charge in [-0.25, -0.2) is 4.98 Å². The van der Waals surface area contributed by atoms with Crippen molar-refractivity contribution >= 4 is 17.2 Å². The van der Waals surface area contributed by atoms with E-state index in [1.54, 1.807) is 6.20 Å². The zero-order chi connectivity index (χ0) is 13.2. The van der Waals surface area contributed by atoms with Crippen LogP contribution < -0.4 is 10.5 Å². The van der Waals surface area contributed by atoms with Crippen LogP contribution in [0, 0.1) is 0 Å². The highest BCUT2D eigenvalue weighted by Gasteiger charge is 2.06. The van der Waals surface area contributed by atoms with E-state index in [0.717, 1.165) is 6.42 Å². The molecular weight excluding hydrogens is 244 g/mol. The van der Waals surface area contributed by atoms with E-state index >= 15 is 0 Å². The lowest BCUT2D eigenvalue weighted by atomic mass is 10.1. The fourth-order valence-electron chi connectivity index (χ4n) is 1.76. The normalized spacial score (nSPS) is 10.3. The molecule has 0 saturated carbocycles. The Kier molecular flexibility index (Phi) is 7.34. The number of pyridine rings is 1. The summed E-state index contributed by atoms with van der Waals surface area (Å²) in [7, 11) is 0. The molecule has 2 N–H and O–H groups in total. The topological polar surface area (TPSA) is 48.1 Å². The van der Waals surface area contributed by atoms with E-state index in [-0.39, 0.29) is 4.99 Å². The molecule has 0 aromatic carbocycles. The summed E-state index contributed by atoms with van der Waals surface area (Å²) in [4.78, 5) is 4.41. The maximum absolute atomic E-state index is 5.67. The van der Waals surface area contributed by atoms with Gasteiger partial charge >= 0.3 is 0 Å². The van der Waals surface area contributed by atoms with Gasteiger partial charge in [-0.1, -0.05) is 51.2 Å². The first kappa shape index (κ1) is 14.9. The minimum atomic E-state index is 0.286. The molecule has 0 aliphatic heterocycles. The molecule has 0 bridgehead atoms. The summed E-state index contributed by atoms with van der Waals surface area (Å²) in [5, 5.41) is 0. The number of unbranched alkanes of at least 4 members (excludes halogenated alkanes) is 5. The highest BCUT2D eigenvalue weighted by atomic mass is 32.1. The number of nitrogens with two attached hydrogens (primary N) is 1. The Morgan fingerprint density at radius 3 is 2.72 bits per heavy atom. The minimum absolute atomic E-state index is 0.286. The Bertz CT molecular complexity index is 369. The molecule has 100 valence electrons. The van der Waals surface area contributed by atoms with Crippen molar-refractivity contribution in [2.24, 2.45) is 5.73 Å². The van der Waals surface area contributed by atoms with Gasteiger partial charge in [0.2, 0.25) is 0 Å². The molecular formula is C14H22N2OS. The lowest BCUT2D eigenvalue weighted by molar-refractivity contribution is 0.302. The van der Waals surface area contributed by atoms with Crippen LogP contribution >= 0.6 is 12.2 Å². The number of ether oxygens (including phenoxy) is 1. The highest BCUT2D eigenvalue weighted by molar-refractivity contribution is 7.80. The van der Waals surface area contributed by atoms with Gasteiger partial charge in [0.05, 0.1) is 6.61 Å². The molecule has 1 aromatic rings. The first-order chi connectivity index (χ1) is 8.75. The standard InChI is InChI=1S/C14H22N2OS/c1-2-3-4-5-6-7-11-17-12-9-8-10-16-13(12)14(15)18/h8-10H,2-7,11H2,1H3,(H2,15,18). The fraction of sp³-hybridized carbons (Fsp3) is 0.571. The summed E-state index contributed by atoms with van der Waals surface area (Å²) in [6.07, 6.45) is 9.16. The van der Waals surface area contributed by atoms with Crippen molar-refractivity contribution < 1.29 is 4.74 Å². The van der Waals surface area contributed by atoms with E-state index in [2.05, 4.69) is 11.9 Å². The SMILES string of the molecule is CCCCCCCCOc1cccnc1C(N)=S. The van der Waals surface area contributed by atoms with Gasteiger partial charge in [0, 0.05) is 6.20 Å². The summed E-state index contributed by atoms with van der Waals surface area (Å²) >= 11 is 4.93. The Balaban J connectivity index is 2.25. The summed E-state index contributed by atoms with van der Waals surface area (Å²) in [5.41, 5.74) is 6.17. The molecule has 0 saturated heterocycles. The number of rotatable bonds is 9. The Hall–Kier alpha value is -1.16. The van der Waals surface area contributed by atoms with Crippen LogP contribution in [0.15, 0.2) is 18.3 Å². The van der Waals surface area contributed by atoms with E-state index in [4.69, 9.17) is 22.7 Å². The average molecular weight is 266 g/mol. The lowest BCUT2D eigenvalue weighted by Crippen LogP contribution is -2.14. The summed E-state index contributed by atoms with van der Waals surface area (Å²) in [6.45, 7) is 2.93. The van der Waals surface area contributed by atoms with Gasteiger partial charge in [-0.3, -0.25) is 0 Å². The second kappa shape index (κ2) is 8.86. The largest absolute Gasteiger partial charge is 0.491 e. The van der Waals surface area contributed by atoms with E-state index in [1.807, 2.05) is 12.1 Å². The van der Waals surface area contributed by atoms with Crippen LogP contribution in [0.5, 0.6) is 5.75 Å². The average Bonchev–Trinajstić information content (AvgIpc) is 2.38. The van der Waals surface area contributed by atoms with E-state index in [0.29, 0.717) is 18.1 Å². The lowest BCUT2D eigenvalue weighted by Gasteiger charge is -2.09. The smallest absolute Gasteiger partial charge is 0.147 e. The van der Waals surface area contributed by atoms with Gasteiger partial charge in [-0.05, 0) is 18.6 Å². The van der Waals surface area contributed by atoms with Crippen LogP contribution in [0.1, 0.15) is 51.1 Å². The second-order valence-electron chi connectivity index (χ2n) is 4.33. The predicted octanol–water partition coefficient (Wildman–Crippen LogP) is 3.46. The van der Waals surface area contributed by atoms with Gasteiger partial charge in [-0.15, -0.1) is 0 Å². The summed E-state index contributed by atoms with van der Waals surface area (Å²) in [5.74, 6) is 0.693. The third-order valence-corrected chi connectivity index (χ3v) is 2.95. The quantitative estimate of drug-likeness (QED) is 0.549. The van der Waals surface area contributed by atoms with Crippen LogP contribution in [-0.2, 0) is 0 Å². The van der Waals surface area contributed by atoms with Crippen molar-refractivity contribution in [3.05, 3.63) is 24.0 Å². The van der Waals surface area contributed by atoms with Crippen molar-refractivity contribution in [2.45, 2.75) is 45.4 Å². The molecule has 0 amide bonds. The van der Waals surface area contributed by atoms with E-state index < -0.39 is 0 Å². The van der Waals surface area contributed by atoms with Crippen LogP contribution in [0.25, 0.3) is 0 Å². The van der Waals surface area contributed by atoms with E-state index in [9.17, 15) is 0 Å². The molecule has 0 fully saturated rings. The Morgan fingerprint density at radius 1 is 1.28 bits per heavy atom. The van der Waals surface area contributed by atoms with Crippen molar-refractivity contribution in [1.82, 2.24) is 4.98 Å². The predicted molar refractivity (Wildman–Crippen MR) is 79.0 cm³/mol. The molecule has 18 heavy (non-hydrogen) atoms. The highest BCUT2D eigenvalue weighted by Crippen LogP contribution is 2.15. The zero-order valence-electron chi connectivity index (χ0n) is 11.0. The summed E-state index contributed by atoms with van der Waals surface area (Å²) < 4.78 is 5.67. The molecule has 0 unspecified atom stereocenters. The number of hydrogen-bond acceptors (Lipinski definition) is 3. The fourth-order valence-corrected chi connectivity index (χ4v) is 1.91. The third kappa shape index (κ3) is 5.45. The monoisotopic (exact) mass is 266 g/mol. The van der Waals surface area contributed by atoms with Crippen LogP contribution in [-0.4, -0.2) is 16.6 Å². The molecule has 3 nitrogen and oxygen atoms in total. The molecule has 1 aromatic heterocycles. The molecule has 0 spiro atoms. The second-order valence-corrected chi connectivity index (χ2v) is 4.77. The van der Waals surface area contributed by atoms with Crippen molar-refractivity contribution in [2.75, 3.05) is 6.61 Å². The summed E-state index contributed by atoms with van der Waals surface area (Å²) in [6, 6.07) is 3.69. The van der Waals surface area contributed by atoms with Crippen LogP contribution in [0.3, 0.4) is 0 Å². The molecule has 0 aliphatic rings. The van der Waals surface area contributed by atoms with Gasteiger partial charge in [0.25, 0.3) is 0 Å². The van der Waals surface area contributed by atoms with Gasteiger partial charge in [-0.2, -0.15) is 0 Å². The molecule has 0 aliphatic carbocycles. The molecule has 1 heterocycles. The molecule has 1 rings (SSSR count). The Morgan fingerprint density at radius 2 is 2.00 bits per heavy atom. The van der Waals surface area contributed by atoms with Gasteiger partial charge in [0.1, 0.15) is 16.4 Å². The molecule has 0 radical (unpaired) electrons. The minimum Gasteiger partial charge on any atom is -0.491 e. The number of aromatic nitrogens is 1. The van der Waals surface area contributed by atoms with Crippen molar-refractivity contribution in [3.8, 4) is 5.75 Å². The first-order valence-corrected chi connectivity index (χ1v) is 7.04. The molecule has 4 heteroatoms.